The van der Waals surface area contributed by atoms with Crippen molar-refractivity contribution < 1.29 is 4.79 Å². The third kappa shape index (κ3) is 6.39. The van der Waals surface area contributed by atoms with Crippen LogP contribution >= 0.6 is 0 Å². The van der Waals surface area contributed by atoms with E-state index in [0.717, 1.165) is 75.3 Å². The van der Waals surface area contributed by atoms with Crippen LogP contribution in [0.25, 0.3) is 22.3 Å². The highest BCUT2D eigenvalue weighted by Gasteiger charge is 2.37. The summed E-state index contributed by atoms with van der Waals surface area (Å²) in [4.78, 5) is 14.7. The van der Waals surface area contributed by atoms with E-state index in [-0.39, 0.29) is 5.92 Å². The van der Waals surface area contributed by atoms with Crippen molar-refractivity contribution in [3.63, 3.8) is 0 Å². The molecular formula is C39H45N3O. The smallest absolute Gasteiger partial charge is 0.166 e. The molecule has 0 heterocycles. The van der Waals surface area contributed by atoms with Gasteiger partial charge in [-0.3, -0.25) is 4.79 Å². The Bertz CT molecular complexity index is 1610. The molecule has 4 heteroatoms. The van der Waals surface area contributed by atoms with Gasteiger partial charge in [0.2, 0.25) is 0 Å². The molecule has 43 heavy (non-hydrogen) atoms. The van der Waals surface area contributed by atoms with Gasteiger partial charge in [0.15, 0.2) is 5.78 Å². The van der Waals surface area contributed by atoms with Gasteiger partial charge < -0.3 is 17.2 Å². The van der Waals surface area contributed by atoms with Crippen molar-refractivity contribution in [1.29, 1.82) is 0 Å². The number of hydrogen-bond acceptors (Lipinski definition) is 4. The molecule has 222 valence electrons. The lowest BCUT2D eigenvalue weighted by atomic mass is 9.74. The van der Waals surface area contributed by atoms with Crippen molar-refractivity contribution in [3.8, 4) is 11.1 Å². The summed E-state index contributed by atoms with van der Waals surface area (Å²) in [5, 5.41) is 0. The van der Waals surface area contributed by atoms with Crippen LogP contribution in [0.2, 0.25) is 0 Å². The van der Waals surface area contributed by atoms with E-state index in [2.05, 4.69) is 72.5 Å². The Morgan fingerprint density at radius 1 is 0.744 bits per heavy atom. The first kappa shape index (κ1) is 29.5. The fourth-order valence-corrected chi connectivity index (χ4v) is 7.48. The third-order valence-corrected chi connectivity index (χ3v) is 9.72. The molecular weight excluding hydrogens is 526 g/mol. The number of hydrogen-bond donors (Lipinski definition) is 3. The number of carbonyl (C=O) groups is 1. The molecule has 3 aliphatic carbocycles. The number of nitrogens with two attached hydrogens (primary N) is 3. The van der Waals surface area contributed by atoms with E-state index in [4.69, 9.17) is 17.2 Å². The highest BCUT2D eigenvalue weighted by atomic mass is 16.1. The molecule has 0 saturated heterocycles. The zero-order valence-electron chi connectivity index (χ0n) is 25.3. The van der Waals surface area contributed by atoms with Gasteiger partial charge in [-0.05, 0) is 152 Å². The molecule has 6 N–H and O–H groups in total. The Labute approximate surface area is 256 Å². The average Bonchev–Trinajstić information content (AvgIpc) is 3.17. The largest absolute Gasteiger partial charge is 0.330 e. The molecule has 0 amide bonds. The summed E-state index contributed by atoms with van der Waals surface area (Å²) in [6.07, 6.45) is 11.8. The topological polar surface area (TPSA) is 95.1 Å². The minimum Gasteiger partial charge on any atom is -0.330 e. The van der Waals surface area contributed by atoms with Crippen LogP contribution in [0.4, 0.5) is 0 Å². The van der Waals surface area contributed by atoms with Crippen molar-refractivity contribution >= 4 is 16.9 Å². The Morgan fingerprint density at radius 3 is 2.19 bits per heavy atom. The summed E-state index contributed by atoms with van der Waals surface area (Å²) < 4.78 is 0. The maximum atomic E-state index is 14.7. The lowest BCUT2D eigenvalue weighted by Crippen LogP contribution is -2.25. The number of benzene rings is 3. The molecule has 4 nitrogen and oxygen atoms in total. The second-order valence-electron chi connectivity index (χ2n) is 12.6. The monoisotopic (exact) mass is 571 g/mol. The van der Waals surface area contributed by atoms with Crippen molar-refractivity contribution in [1.82, 2.24) is 0 Å². The molecule has 0 saturated carbocycles. The summed E-state index contributed by atoms with van der Waals surface area (Å²) in [6.45, 7) is 1.91. The quantitative estimate of drug-likeness (QED) is 0.240. The van der Waals surface area contributed by atoms with E-state index >= 15 is 0 Å². The maximum absolute atomic E-state index is 14.7. The predicted molar refractivity (Wildman–Crippen MR) is 179 cm³/mol. The normalized spacial score (nSPS) is 20.0. The second kappa shape index (κ2) is 13.4. The van der Waals surface area contributed by atoms with Crippen LogP contribution in [-0.2, 0) is 19.3 Å². The molecule has 2 unspecified atom stereocenters. The minimum atomic E-state index is -0.00484. The van der Waals surface area contributed by atoms with E-state index in [1.165, 1.54) is 50.1 Å². The average molecular weight is 572 g/mol. The van der Waals surface area contributed by atoms with Crippen LogP contribution in [-0.4, -0.2) is 25.4 Å². The number of rotatable bonds is 9. The lowest BCUT2D eigenvalue weighted by Gasteiger charge is -2.29. The SMILES string of the molecule is NCCC1=C=C(c2cc3c(c(-c4cccc(CCN)c4)c2)CCC2CC=C(c4cccc(CCN)c4)CC2C3=O)CCC1. The number of ketones is 1. The van der Waals surface area contributed by atoms with E-state index in [9.17, 15) is 4.79 Å². The Morgan fingerprint density at radius 2 is 1.44 bits per heavy atom. The predicted octanol–water partition coefficient (Wildman–Crippen LogP) is 7.04. The molecule has 0 spiro atoms. The zero-order chi connectivity index (χ0) is 29.8. The highest BCUT2D eigenvalue weighted by Crippen LogP contribution is 2.44. The Kier molecular flexibility index (Phi) is 9.21. The maximum Gasteiger partial charge on any atom is 0.166 e. The van der Waals surface area contributed by atoms with Crippen molar-refractivity contribution in [3.05, 3.63) is 111 Å². The van der Waals surface area contributed by atoms with Gasteiger partial charge in [0, 0.05) is 17.1 Å². The second-order valence-corrected chi connectivity index (χ2v) is 12.6. The van der Waals surface area contributed by atoms with E-state index in [1.807, 2.05) is 0 Å². The Balaban J connectivity index is 1.44. The Hall–Kier alpha value is -3.53. The molecule has 3 aromatic rings. The first-order chi connectivity index (χ1) is 21.1. The minimum absolute atomic E-state index is 0.00484. The summed E-state index contributed by atoms with van der Waals surface area (Å²) in [5.41, 5.74) is 34.6. The summed E-state index contributed by atoms with van der Waals surface area (Å²) in [5.74, 6) is 0.667. The third-order valence-electron chi connectivity index (χ3n) is 9.72. The van der Waals surface area contributed by atoms with Gasteiger partial charge in [-0.25, -0.2) is 0 Å². The van der Waals surface area contributed by atoms with Gasteiger partial charge >= 0.3 is 0 Å². The van der Waals surface area contributed by atoms with Gasteiger partial charge in [-0.15, -0.1) is 5.73 Å². The van der Waals surface area contributed by atoms with E-state index in [1.54, 1.807) is 0 Å². The molecule has 6 rings (SSSR count). The number of Topliss-reactive ketones (excluding diaryl/α,β-unsaturated/α-hetero) is 1. The van der Waals surface area contributed by atoms with Crippen LogP contribution in [0.5, 0.6) is 0 Å². The summed E-state index contributed by atoms with van der Waals surface area (Å²) >= 11 is 0. The van der Waals surface area contributed by atoms with Gasteiger partial charge in [-0.1, -0.05) is 54.6 Å². The van der Waals surface area contributed by atoms with Crippen LogP contribution in [0.3, 0.4) is 0 Å². The van der Waals surface area contributed by atoms with Gasteiger partial charge in [0.25, 0.3) is 0 Å². The molecule has 0 radical (unpaired) electrons. The van der Waals surface area contributed by atoms with Crippen LogP contribution in [0.15, 0.2) is 78.0 Å². The fourth-order valence-electron chi connectivity index (χ4n) is 7.48. The molecule has 3 aliphatic rings. The highest BCUT2D eigenvalue weighted by molar-refractivity contribution is 6.03. The van der Waals surface area contributed by atoms with Crippen molar-refractivity contribution in [2.24, 2.45) is 29.0 Å². The molecule has 0 aliphatic heterocycles. The fraction of sp³-hybridized carbons (Fsp3) is 0.385. The van der Waals surface area contributed by atoms with Crippen LogP contribution < -0.4 is 17.2 Å². The van der Waals surface area contributed by atoms with Gasteiger partial charge in [0.05, 0.1) is 0 Å². The summed E-state index contributed by atoms with van der Waals surface area (Å²) in [6, 6.07) is 22.0. The first-order valence-corrected chi connectivity index (χ1v) is 16.2. The molecule has 3 aromatic carbocycles. The number of carbonyl (C=O) groups excluding carboxylic acids is 1. The molecule has 0 aromatic heterocycles. The van der Waals surface area contributed by atoms with Gasteiger partial charge in [-0.2, -0.15) is 0 Å². The van der Waals surface area contributed by atoms with E-state index < -0.39 is 0 Å². The number of allylic oxidation sites excluding steroid dienone is 2. The van der Waals surface area contributed by atoms with Crippen molar-refractivity contribution in [2.75, 3.05) is 19.6 Å². The molecule has 0 bridgehead atoms. The van der Waals surface area contributed by atoms with Crippen molar-refractivity contribution in [2.45, 2.75) is 64.2 Å². The lowest BCUT2D eigenvalue weighted by molar-refractivity contribution is 0.0873. The van der Waals surface area contributed by atoms with Gasteiger partial charge in [0.1, 0.15) is 0 Å². The number of fused-ring (bicyclic) bond motifs is 2. The van der Waals surface area contributed by atoms with Crippen LogP contribution in [0.1, 0.15) is 83.1 Å². The molecule has 0 fully saturated rings. The zero-order valence-corrected chi connectivity index (χ0v) is 25.3. The standard InChI is InChI=1S/C39H45N3O/c40-17-14-26-4-1-7-30(20-26)32-11-10-29-12-13-35-36(33-9-3-6-28(22-33)16-19-42)24-34(25-38(35)39(43)37(29)23-32)31-8-2-5-27(21-31)15-18-41/h1,3-4,6-7,9,11,20,22,24-25,29,37H,2,5,8,10,12-19,23,40-42H2. The van der Waals surface area contributed by atoms with Crippen LogP contribution in [0, 0.1) is 11.8 Å². The first-order valence-electron chi connectivity index (χ1n) is 16.2. The molecule has 2 atom stereocenters. The van der Waals surface area contributed by atoms with E-state index in [0.29, 0.717) is 31.3 Å². The summed E-state index contributed by atoms with van der Waals surface area (Å²) in [7, 11) is 0.